The van der Waals surface area contributed by atoms with Gasteiger partial charge in [0.15, 0.2) is 0 Å². The van der Waals surface area contributed by atoms with Gasteiger partial charge >= 0.3 is 17.9 Å². The molecule has 0 aliphatic heterocycles. The standard InChI is InChI=1S/C19H32N4O9S/c1-9(2)6-11(21-16(28)10(20)4-5-33-3)17(29)22-12(7-14(24)25)18(30)23-13(19(31)32)8-15(26)27/h9-13H,4-8,20H2,1-3H3,(H,21,28)(H,22,29)(H,23,30)(H,24,25)(H,26,27)(H,31,32). The van der Waals surface area contributed by atoms with Crippen LogP contribution in [0.2, 0.25) is 0 Å². The Morgan fingerprint density at radius 3 is 1.70 bits per heavy atom. The number of rotatable bonds is 16. The van der Waals surface area contributed by atoms with E-state index in [9.17, 15) is 28.8 Å². The smallest absolute Gasteiger partial charge is 0.326 e. The zero-order valence-electron chi connectivity index (χ0n) is 18.7. The monoisotopic (exact) mass is 492 g/mol. The molecule has 3 amide bonds. The van der Waals surface area contributed by atoms with Crippen molar-refractivity contribution in [1.82, 2.24) is 16.0 Å². The molecule has 0 spiro atoms. The normalized spacial score (nSPS) is 14.5. The molecular weight excluding hydrogens is 460 g/mol. The number of carbonyl (C=O) groups excluding carboxylic acids is 3. The zero-order valence-corrected chi connectivity index (χ0v) is 19.5. The van der Waals surface area contributed by atoms with Gasteiger partial charge in [-0.15, -0.1) is 0 Å². The third kappa shape index (κ3) is 12.7. The Kier molecular flexibility index (Phi) is 13.7. The summed E-state index contributed by atoms with van der Waals surface area (Å²) >= 11 is 1.49. The number of amides is 3. The highest BCUT2D eigenvalue weighted by Crippen LogP contribution is 2.08. The summed E-state index contributed by atoms with van der Waals surface area (Å²) in [5.41, 5.74) is 5.82. The summed E-state index contributed by atoms with van der Waals surface area (Å²) in [5, 5.41) is 33.6. The second-order valence-corrected chi connectivity index (χ2v) is 8.72. The van der Waals surface area contributed by atoms with Crippen LogP contribution in [-0.2, 0) is 28.8 Å². The van der Waals surface area contributed by atoms with Crippen molar-refractivity contribution in [1.29, 1.82) is 0 Å². The molecule has 0 saturated carbocycles. The van der Waals surface area contributed by atoms with Crippen molar-refractivity contribution in [3.05, 3.63) is 0 Å². The molecule has 0 radical (unpaired) electrons. The highest BCUT2D eigenvalue weighted by Gasteiger charge is 2.32. The van der Waals surface area contributed by atoms with Crippen LogP contribution in [0.4, 0.5) is 0 Å². The van der Waals surface area contributed by atoms with E-state index in [1.807, 2.05) is 11.6 Å². The van der Waals surface area contributed by atoms with Crippen LogP contribution >= 0.6 is 11.8 Å². The second kappa shape index (κ2) is 15.1. The van der Waals surface area contributed by atoms with Gasteiger partial charge in [-0.3, -0.25) is 24.0 Å². The first kappa shape index (κ1) is 30.1. The molecule has 33 heavy (non-hydrogen) atoms. The van der Waals surface area contributed by atoms with Gasteiger partial charge in [0.05, 0.1) is 18.9 Å². The molecule has 0 bridgehead atoms. The minimum Gasteiger partial charge on any atom is -0.481 e. The number of nitrogens with two attached hydrogens (primary N) is 1. The van der Waals surface area contributed by atoms with E-state index in [0.29, 0.717) is 12.2 Å². The summed E-state index contributed by atoms with van der Waals surface area (Å²) in [7, 11) is 0. The molecule has 0 aromatic heterocycles. The van der Waals surface area contributed by atoms with E-state index < -0.39 is 72.6 Å². The first-order chi connectivity index (χ1) is 15.3. The Morgan fingerprint density at radius 2 is 1.24 bits per heavy atom. The number of carbonyl (C=O) groups is 6. The van der Waals surface area contributed by atoms with Crippen molar-refractivity contribution in [3.63, 3.8) is 0 Å². The summed E-state index contributed by atoms with van der Waals surface area (Å²) in [4.78, 5) is 70.8. The number of carboxylic acids is 3. The molecule has 14 heteroatoms. The van der Waals surface area contributed by atoms with Crippen molar-refractivity contribution in [3.8, 4) is 0 Å². The number of thioether (sulfide) groups is 1. The van der Waals surface area contributed by atoms with Crippen LogP contribution < -0.4 is 21.7 Å². The Labute approximate surface area is 195 Å². The second-order valence-electron chi connectivity index (χ2n) is 7.74. The fourth-order valence-corrected chi connectivity index (χ4v) is 3.15. The number of carboxylic acid groups (broad SMARTS) is 3. The fraction of sp³-hybridized carbons (Fsp3) is 0.684. The highest BCUT2D eigenvalue weighted by atomic mass is 32.2. The molecule has 0 aromatic rings. The van der Waals surface area contributed by atoms with Crippen molar-refractivity contribution < 1.29 is 44.1 Å². The molecule has 13 nitrogen and oxygen atoms in total. The number of nitrogens with one attached hydrogen (secondary N) is 3. The molecule has 0 aromatic carbocycles. The van der Waals surface area contributed by atoms with Crippen LogP contribution in [0.1, 0.15) is 39.5 Å². The van der Waals surface area contributed by atoms with Gasteiger partial charge in [0.25, 0.3) is 0 Å². The van der Waals surface area contributed by atoms with E-state index in [4.69, 9.17) is 21.1 Å². The summed E-state index contributed by atoms with van der Waals surface area (Å²) in [5.74, 6) is -6.69. The first-order valence-corrected chi connectivity index (χ1v) is 11.5. The summed E-state index contributed by atoms with van der Waals surface area (Å²) in [6, 6.07) is -5.53. The van der Waals surface area contributed by atoms with Gasteiger partial charge in [0, 0.05) is 0 Å². The maximum absolute atomic E-state index is 12.8. The number of hydrogen-bond donors (Lipinski definition) is 7. The average molecular weight is 493 g/mol. The Balaban J connectivity index is 5.50. The predicted octanol–water partition coefficient (Wildman–Crippen LogP) is -1.40. The molecule has 0 aliphatic rings. The Morgan fingerprint density at radius 1 is 0.788 bits per heavy atom. The van der Waals surface area contributed by atoms with E-state index >= 15 is 0 Å². The van der Waals surface area contributed by atoms with E-state index in [2.05, 4.69) is 10.6 Å². The van der Waals surface area contributed by atoms with Gasteiger partial charge in [-0.05, 0) is 30.8 Å². The highest BCUT2D eigenvalue weighted by molar-refractivity contribution is 7.98. The van der Waals surface area contributed by atoms with Crippen LogP contribution in [0, 0.1) is 5.92 Å². The predicted molar refractivity (Wildman–Crippen MR) is 118 cm³/mol. The van der Waals surface area contributed by atoms with Crippen LogP contribution in [0.5, 0.6) is 0 Å². The van der Waals surface area contributed by atoms with Gasteiger partial charge in [-0.1, -0.05) is 13.8 Å². The quantitative estimate of drug-likeness (QED) is 0.133. The lowest BCUT2D eigenvalue weighted by molar-refractivity contribution is -0.148. The van der Waals surface area contributed by atoms with Gasteiger partial charge in [0.2, 0.25) is 17.7 Å². The minimum absolute atomic E-state index is 0.0674. The fourth-order valence-electron chi connectivity index (χ4n) is 2.66. The lowest BCUT2D eigenvalue weighted by Crippen LogP contribution is -2.57. The Hall–Kier alpha value is -2.87. The molecule has 4 atom stereocenters. The molecule has 0 fully saturated rings. The summed E-state index contributed by atoms with van der Waals surface area (Å²) < 4.78 is 0. The maximum Gasteiger partial charge on any atom is 0.326 e. The molecule has 0 rings (SSSR count). The summed E-state index contributed by atoms with van der Waals surface area (Å²) in [6.45, 7) is 3.57. The molecule has 4 unspecified atom stereocenters. The third-order valence-corrected chi connectivity index (χ3v) is 4.96. The van der Waals surface area contributed by atoms with Gasteiger partial charge in [0.1, 0.15) is 18.1 Å². The molecule has 188 valence electrons. The van der Waals surface area contributed by atoms with Gasteiger partial charge in [-0.2, -0.15) is 11.8 Å². The van der Waals surface area contributed by atoms with Crippen LogP contribution in [0.25, 0.3) is 0 Å². The average Bonchev–Trinajstić information content (AvgIpc) is 2.68. The van der Waals surface area contributed by atoms with Crippen LogP contribution in [-0.4, -0.2) is 87.1 Å². The van der Waals surface area contributed by atoms with Crippen LogP contribution in [0.15, 0.2) is 0 Å². The van der Waals surface area contributed by atoms with Crippen LogP contribution in [0.3, 0.4) is 0 Å². The largest absolute Gasteiger partial charge is 0.481 e. The topological polar surface area (TPSA) is 225 Å². The SMILES string of the molecule is CSCCC(N)C(=O)NC(CC(C)C)C(=O)NC(CC(=O)O)C(=O)NC(CC(=O)O)C(=O)O. The maximum atomic E-state index is 12.8. The number of hydrogen-bond acceptors (Lipinski definition) is 8. The lowest BCUT2D eigenvalue weighted by atomic mass is 10.0. The van der Waals surface area contributed by atoms with E-state index in [0.717, 1.165) is 0 Å². The first-order valence-electron chi connectivity index (χ1n) is 10.1. The van der Waals surface area contributed by atoms with E-state index in [1.54, 1.807) is 13.8 Å². The Bertz CT molecular complexity index is 732. The van der Waals surface area contributed by atoms with Crippen molar-refractivity contribution in [2.45, 2.75) is 63.7 Å². The molecule has 0 aliphatic carbocycles. The molecule has 0 heterocycles. The van der Waals surface area contributed by atoms with Crippen molar-refractivity contribution in [2.75, 3.05) is 12.0 Å². The molecule has 0 saturated heterocycles. The number of aliphatic carboxylic acids is 3. The van der Waals surface area contributed by atoms with Gasteiger partial charge in [-0.25, -0.2) is 4.79 Å². The zero-order chi connectivity index (χ0) is 25.7. The lowest BCUT2D eigenvalue weighted by Gasteiger charge is -2.25. The van der Waals surface area contributed by atoms with E-state index in [-0.39, 0.29) is 12.3 Å². The molecular formula is C19H32N4O9S. The molecule has 8 N–H and O–H groups in total. The van der Waals surface area contributed by atoms with E-state index in [1.165, 1.54) is 11.8 Å². The minimum atomic E-state index is -1.83. The summed E-state index contributed by atoms with van der Waals surface area (Å²) in [6.07, 6.45) is 0.526. The van der Waals surface area contributed by atoms with Crippen molar-refractivity contribution in [2.24, 2.45) is 11.7 Å². The van der Waals surface area contributed by atoms with Gasteiger partial charge < -0.3 is 37.0 Å². The van der Waals surface area contributed by atoms with Crippen molar-refractivity contribution >= 4 is 47.4 Å². The third-order valence-electron chi connectivity index (χ3n) is 4.31.